The van der Waals surface area contributed by atoms with Gasteiger partial charge in [0.05, 0.1) is 5.69 Å². The molecule has 3 rings (SSSR count). The number of thiazole rings is 1. The lowest BCUT2D eigenvalue weighted by Crippen LogP contribution is -2.36. The van der Waals surface area contributed by atoms with Crippen LogP contribution in [0.25, 0.3) is 0 Å². The van der Waals surface area contributed by atoms with Crippen LogP contribution in [0.3, 0.4) is 0 Å². The number of nitrogens with zero attached hydrogens (tertiary/aromatic N) is 1. The number of aryl methyl sites for hydroxylation is 1. The van der Waals surface area contributed by atoms with Crippen LogP contribution in [-0.2, 0) is 21.5 Å². The highest BCUT2D eigenvalue weighted by Crippen LogP contribution is 2.43. The maximum Gasteiger partial charge on any atom is 0.125 e. The first-order valence-electron chi connectivity index (χ1n) is 8.24. The molecule has 5 heteroatoms. The molecule has 1 aliphatic carbocycles. The number of hydrogen-bond donors (Lipinski definition) is 1. The van der Waals surface area contributed by atoms with Crippen LogP contribution in [0.5, 0.6) is 0 Å². The molecular weight excluding hydrogens is 284 g/mol. The van der Waals surface area contributed by atoms with Crippen molar-refractivity contribution in [3.05, 3.63) is 15.6 Å². The van der Waals surface area contributed by atoms with Gasteiger partial charge in [0.1, 0.15) is 10.6 Å². The van der Waals surface area contributed by atoms with Gasteiger partial charge in [-0.25, -0.2) is 4.98 Å². The third-order valence-electron chi connectivity index (χ3n) is 4.51. The first kappa shape index (κ1) is 15.4. The van der Waals surface area contributed by atoms with Gasteiger partial charge in [-0.05, 0) is 32.7 Å². The predicted octanol–water partition coefficient (Wildman–Crippen LogP) is 3.17. The van der Waals surface area contributed by atoms with Gasteiger partial charge in [-0.2, -0.15) is 0 Å². The van der Waals surface area contributed by atoms with Crippen molar-refractivity contribution in [2.24, 2.45) is 0 Å². The number of nitrogens with one attached hydrogen (secondary N) is 1. The van der Waals surface area contributed by atoms with Crippen LogP contribution in [-0.4, -0.2) is 31.3 Å². The second-order valence-electron chi connectivity index (χ2n) is 5.87. The fourth-order valence-electron chi connectivity index (χ4n) is 3.45. The Kier molecular flexibility index (Phi) is 4.94. The van der Waals surface area contributed by atoms with Gasteiger partial charge in [-0.3, -0.25) is 0 Å². The zero-order valence-corrected chi connectivity index (χ0v) is 13.9. The van der Waals surface area contributed by atoms with Crippen LogP contribution in [0, 0.1) is 0 Å². The third-order valence-corrected chi connectivity index (χ3v) is 5.91. The van der Waals surface area contributed by atoms with Gasteiger partial charge in [0.2, 0.25) is 0 Å². The average molecular weight is 310 g/mol. The van der Waals surface area contributed by atoms with Crippen molar-refractivity contribution in [2.45, 2.75) is 57.6 Å². The molecule has 1 fully saturated rings. The van der Waals surface area contributed by atoms with Gasteiger partial charge in [-0.15, -0.1) is 11.3 Å². The van der Waals surface area contributed by atoms with E-state index in [4.69, 9.17) is 14.5 Å². The fraction of sp³-hybridized carbons (Fsp3) is 0.812. The Morgan fingerprint density at radius 2 is 2.19 bits per heavy atom. The van der Waals surface area contributed by atoms with Crippen molar-refractivity contribution in [2.75, 3.05) is 26.4 Å². The summed E-state index contributed by atoms with van der Waals surface area (Å²) >= 11 is 1.87. The molecule has 0 aromatic carbocycles. The summed E-state index contributed by atoms with van der Waals surface area (Å²) in [6, 6.07) is 0.489. The van der Waals surface area contributed by atoms with Crippen molar-refractivity contribution >= 4 is 11.3 Å². The van der Waals surface area contributed by atoms with Crippen molar-refractivity contribution < 1.29 is 9.47 Å². The minimum atomic E-state index is -0.203. The largest absolute Gasteiger partial charge is 0.381 e. The Labute approximate surface area is 131 Å². The highest BCUT2D eigenvalue weighted by molar-refractivity contribution is 7.12. The summed E-state index contributed by atoms with van der Waals surface area (Å²) in [5, 5.41) is 4.79. The van der Waals surface area contributed by atoms with E-state index in [1.807, 2.05) is 11.3 Å². The van der Waals surface area contributed by atoms with Gasteiger partial charge in [0.25, 0.3) is 0 Å². The van der Waals surface area contributed by atoms with Crippen LogP contribution >= 0.6 is 11.3 Å². The molecule has 0 radical (unpaired) electrons. The van der Waals surface area contributed by atoms with E-state index in [0.717, 1.165) is 45.6 Å². The second-order valence-corrected chi connectivity index (χ2v) is 6.90. The van der Waals surface area contributed by atoms with E-state index in [-0.39, 0.29) is 5.60 Å². The number of fused-ring (bicyclic) bond motifs is 1. The summed E-state index contributed by atoms with van der Waals surface area (Å²) in [5.74, 6) is 0. The molecule has 1 N–H and O–H groups in total. The normalized spacial score (nSPS) is 24.8. The molecule has 1 saturated heterocycles. The van der Waals surface area contributed by atoms with Gasteiger partial charge in [0.15, 0.2) is 0 Å². The monoisotopic (exact) mass is 310 g/mol. The van der Waals surface area contributed by atoms with E-state index < -0.39 is 0 Å². The van der Waals surface area contributed by atoms with E-state index in [1.54, 1.807) is 0 Å². The maximum absolute atomic E-state index is 6.18. The summed E-state index contributed by atoms with van der Waals surface area (Å²) in [7, 11) is 0. The molecule has 118 valence electrons. The summed E-state index contributed by atoms with van der Waals surface area (Å²) < 4.78 is 11.7. The van der Waals surface area contributed by atoms with Gasteiger partial charge in [0, 0.05) is 43.6 Å². The van der Waals surface area contributed by atoms with Crippen molar-refractivity contribution in [1.29, 1.82) is 0 Å². The Morgan fingerprint density at radius 3 is 2.90 bits per heavy atom. The SMILES string of the molecule is CCNC1CCCc2nc(C3(OCC)CCOCC3)sc21. The molecule has 0 spiro atoms. The zero-order valence-electron chi connectivity index (χ0n) is 13.1. The van der Waals surface area contributed by atoms with Crippen molar-refractivity contribution in [3.8, 4) is 0 Å². The van der Waals surface area contributed by atoms with E-state index in [1.165, 1.54) is 28.4 Å². The maximum atomic E-state index is 6.18. The Bertz CT molecular complexity index is 463. The topological polar surface area (TPSA) is 43.4 Å². The molecule has 0 saturated carbocycles. The Hall–Kier alpha value is -0.490. The molecule has 1 atom stereocenters. The minimum absolute atomic E-state index is 0.203. The van der Waals surface area contributed by atoms with E-state index in [9.17, 15) is 0 Å². The van der Waals surface area contributed by atoms with E-state index in [0.29, 0.717) is 6.04 Å². The summed E-state index contributed by atoms with van der Waals surface area (Å²) in [4.78, 5) is 6.44. The smallest absolute Gasteiger partial charge is 0.125 e. The van der Waals surface area contributed by atoms with Gasteiger partial charge < -0.3 is 14.8 Å². The number of aromatic nitrogens is 1. The summed E-state index contributed by atoms with van der Waals surface area (Å²) in [5.41, 5.74) is 1.10. The molecule has 0 amide bonds. The lowest BCUT2D eigenvalue weighted by molar-refractivity contribution is -0.112. The quantitative estimate of drug-likeness (QED) is 0.907. The number of rotatable bonds is 5. The number of hydrogen-bond acceptors (Lipinski definition) is 5. The lowest BCUT2D eigenvalue weighted by Gasteiger charge is -2.35. The average Bonchev–Trinajstić information content (AvgIpc) is 2.95. The van der Waals surface area contributed by atoms with Crippen molar-refractivity contribution in [1.82, 2.24) is 10.3 Å². The zero-order chi connectivity index (χ0) is 14.7. The summed E-state index contributed by atoms with van der Waals surface area (Å²) in [6.45, 7) is 7.56. The number of ether oxygens (including phenoxy) is 2. The Balaban J connectivity index is 1.91. The molecule has 2 heterocycles. The minimum Gasteiger partial charge on any atom is -0.381 e. The first-order chi connectivity index (χ1) is 10.3. The molecule has 0 bridgehead atoms. The standard InChI is InChI=1S/C16H26N2O2S/c1-3-17-12-6-5-7-13-14(12)21-15(18-13)16(20-4-2)8-10-19-11-9-16/h12,17H,3-11H2,1-2H3. The van der Waals surface area contributed by atoms with Gasteiger partial charge in [-0.1, -0.05) is 6.92 Å². The van der Waals surface area contributed by atoms with E-state index >= 15 is 0 Å². The van der Waals surface area contributed by atoms with Gasteiger partial charge >= 0.3 is 0 Å². The van der Waals surface area contributed by atoms with Crippen LogP contribution in [0.1, 0.15) is 61.2 Å². The molecule has 4 nitrogen and oxygen atoms in total. The molecule has 1 aromatic heterocycles. The van der Waals surface area contributed by atoms with Crippen LogP contribution in [0.4, 0.5) is 0 Å². The second kappa shape index (κ2) is 6.73. The lowest BCUT2D eigenvalue weighted by atomic mass is 9.94. The fourth-order valence-corrected chi connectivity index (χ4v) is 4.88. The van der Waals surface area contributed by atoms with E-state index in [2.05, 4.69) is 19.2 Å². The Morgan fingerprint density at radius 1 is 1.38 bits per heavy atom. The van der Waals surface area contributed by atoms with Crippen LogP contribution < -0.4 is 5.32 Å². The molecule has 2 aliphatic rings. The molecular formula is C16H26N2O2S. The molecule has 1 aromatic rings. The third kappa shape index (κ3) is 3.02. The highest BCUT2D eigenvalue weighted by atomic mass is 32.1. The molecule has 21 heavy (non-hydrogen) atoms. The first-order valence-corrected chi connectivity index (χ1v) is 9.06. The summed E-state index contributed by atoms with van der Waals surface area (Å²) in [6.07, 6.45) is 5.44. The highest BCUT2D eigenvalue weighted by Gasteiger charge is 2.39. The molecule has 1 aliphatic heterocycles. The van der Waals surface area contributed by atoms with Crippen LogP contribution in [0.15, 0.2) is 0 Å². The predicted molar refractivity (Wildman–Crippen MR) is 84.8 cm³/mol. The van der Waals surface area contributed by atoms with Crippen molar-refractivity contribution in [3.63, 3.8) is 0 Å². The van der Waals surface area contributed by atoms with Crippen LogP contribution in [0.2, 0.25) is 0 Å². The molecule has 1 unspecified atom stereocenters.